The Labute approximate surface area is 214 Å². The maximum absolute atomic E-state index is 13.4. The highest BCUT2D eigenvalue weighted by Gasteiger charge is 2.34. The van der Waals surface area contributed by atoms with Gasteiger partial charge in [-0.15, -0.1) is 0 Å². The van der Waals surface area contributed by atoms with Crippen LogP contribution in [0, 0.1) is 5.92 Å². The number of hydrogen-bond acceptors (Lipinski definition) is 6. The summed E-state index contributed by atoms with van der Waals surface area (Å²) in [6.07, 6.45) is -0.824. The van der Waals surface area contributed by atoms with Crippen molar-refractivity contribution in [1.29, 1.82) is 0 Å². The molecule has 0 N–H and O–H groups in total. The first kappa shape index (κ1) is 26.9. The fourth-order valence-corrected chi connectivity index (χ4v) is 4.58. The summed E-state index contributed by atoms with van der Waals surface area (Å²) in [5.74, 6) is 0.878. The van der Waals surface area contributed by atoms with Gasteiger partial charge in [0.2, 0.25) is 0 Å². The van der Waals surface area contributed by atoms with Gasteiger partial charge in [0.15, 0.2) is 0 Å². The summed E-state index contributed by atoms with van der Waals surface area (Å²) in [7, 11) is 0. The molecule has 0 bridgehead atoms. The Morgan fingerprint density at radius 3 is 2.54 bits per heavy atom. The highest BCUT2D eigenvalue weighted by atomic mass is 19.4. The average molecular weight is 520 g/mol. The molecular formula is C28H32F3NO5. The summed E-state index contributed by atoms with van der Waals surface area (Å²) >= 11 is 0. The molecule has 0 saturated carbocycles. The van der Waals surface area contributed by atoms with Crippen molar-refractivity contribution in [3.05, 3.63) is 58.7 Å². The molecule has 0 spiro atoms. The molecule has 2 aliphatic rings. The number of ether oxygens (including phenoxy) is 4. The summed E-state index contributed by atoms with van der Waals surface area (Å²) in [4.78, 5) is 14.3. The number of esters is 1. The largest absolute Gasteiger partial charge is 0.493 e. The van der Waals surface area contributed by atoms with Crippen LogP contribution in [0.2, 0.25) is 0 Å². The number of rotatable bonds is 9. The molecule has 1 fully saturated rings. The predicted octanol–water partition coefficient (Wildman–Crippen LogP) is 5.73. The zero-order chi connectivity index (χ0) is 26.4. The van der Waals surface area contributed by atoms with Crippen molar-refractivity contribution in [2.75, 3.05) is 39.5 Å². The van der Waals surface area contributed by atoms with Gasteiger partial charge in [-0.1, -0.05) is 6.07 Å². The molecule has 37 heavy (non-hydrogen) atoms. The van der Waals surface area contributed by atoms with Gasteiger partial charge in [0.1, 0.15) is 30.5 Å². The van der Waals surface area contributed by atoms with E-state index < -0.39 is 11.7 Å². The second-order valence-electron chi connectivity index (χ2n) is 9.14. The number of fused-ring (bicyclic) bond motifs is 1. The number of carbonyl (C=O) groups excluding carboxylic acids is 1. The summed E-state index contributed by atoms with van der Waals surface area (Å²) in [5.41, 5.74) is 1.65. The van der Waals surface area contributed by atoms with Crippen LogP contribution in [0.5, 0.6) is 17.2 Å². The second kappa shape index (κ2) is 11.9. The van der Waals surface area contributed by atoms with E-state index in [1.165, 1.54) is 6.07 Å². The van der Waals surface area contributed by atoms with E-state index in [4.69, 9.17) is 18.9 Å². The lowest BCUT2D eigenvalue weighted by Crippen LogP contribution is -2.38. The molecule has 1 saturated heterocycles. The maximum Gasteiger partial charge on any atom is 0.419 e. The van der Waals surface area contributed by atoms with E-state index in [2.05, 4.69) is 11.0 Å². The third-order valence-corrected chi connectivity index (χ3v) is 6.45. The van der Waals surface area contributed by atoms with Gasteiger partial charge >= 0.3 is 12.1 Å². The minimum Gasteiger partial charge on any atom is -0.493 e. The van der Waals surface area contributed by atoms with Crippen molar-refractivity contribution in [3.63, 3.8) is 0 Å². The average Bonchev–Trinajstić information content (AvgIpc) is 2.88. The van der Waals surface area contributed by atoms with Crippen LogP contribution >= 0.6 is 0 Å². The monoisotopic (exact) mass is 519 g/mol. The molecular weight excluding hydrogens is 487 g/mol. The number of piperidine rings is 1. The number of benzene rings is 2. The second-order valence-corrected chi connectivity index (χ2v) is 9.14. The maximum atomic E-state index is 13.4. The number of hydrogen-bond donors (Lipinski definition) is 0. The quantitative estimate of drug-likeness (QED) is 0.394. The molecule has 9 heteroatoms. The summed E-state index contributed by atoms with van der Waals surface area (Å²) in [5, 5.41) is 0. The Balaban J connectivity index is 1.34. The number of nitrogens with zero attached hydrogens (tertiary/aromatic N) is 1. The molecule has 2 heterocycles. The molecule has 0 radical (unpaired) electrons. The highest BCUT2D eigenvalue weighted by Crippen LogP contribution is 2.37. The van der Waals surface area contributed by atoms with Crippen LogP contribution in [-0.2, 0) is 22.3 Å². The minimum atomic E-state index is -4.51. The van der Waals surface area contributed by atoms with E-state index >= 15 is 0 Å². The van der Waals surface area contributed by atoms with Gasteiger partial charge < -0.3 is 18.9 Å². The summed E-state index contributed by atoms with van der Waals surface area (Å²) in [6.45, 7) is 6.90. The molecule has 0 unspecified atom stereocenters. The third kappa shape index (κ3) is 6.97. The summed E-state index contributed by atoms with van der Waals surface area (Å²) < 4.78 is 62.2. The van der Waals surface area contributed by atoms with Gasteiger partial charge in [-0.2, -0.15) is 13.2 Å². The summed E-state index contributed by atoms with van der Waals surface area (Å²) in [6, 6.07) is 9.38. The molecule has 200 valence electrons. The predicted molar refractivity (Wildman–Crippen MR) is 133 cm³/mol. The van der Waals surface area contributed by atoms with E-state index in [1.54, 1.807) is 25.1 Å². The Hall–Kier alpha value is -3.20. The Bertz CT molecular complexity index is 1120. The van der Waals surface area contributed by atoms with Crippen LogP contribution in [0.4, 0.5) is 13.2 Å². The molecule has 0 aromatic heterocycles. The standard InChI is InChI=1S/C28H32F3NO5/c1-3-34-25-8-5-19(14-24(25)28(29,30)31)17-36-23-7-6-22-13-20(18-37-26(22)15-23)16-32-11-9-21(10-12-32)27(33)35-4-2/h5-8,13-15,21H,3-4,9-12,16-18H2,1-2H3. The van der Waals surface area contributed by atoms with Crippen molar-refractivity contribution < 1.29 is 36.9 Å². The van der Waals surface area contributed by atoms with E-state index in [1.807, 2.05) is 13.0 Å². The van der Waals surface area contributed by atoms with Gasteiger partial charge in [-0.05, 0) is 81.3 Å². The van der Waals surface area contributed by atoms with Crippen molar-refractivity contribution in [2.24, 2.45) is 5.92 Å². The smallest absolute Gasteiger partial charge is 0.419 e. The molecule has 2 aliphatic heterocycles. The lowest BCUT2D eigenvalue weighted by Gasteiger charge is -2.32. The van der Waals surface area contributed by atoms with E-state index in [9.17, 15) is 18.0 Å². The van der Waals surface area contributed by atoms with Crippen molar-refractivity contribution in [1.82, 2.24) is 4.90 Å². The number of halogens is 3. The lowest BCUT2D eigenvalue weighted by molar-refractivity contribution is -0.149. The van der Waals surface area contributed by atoms with Crippen molar-refractivity contribution in [2.45, 2.75) is 39.5 Å². The highest BCUT2D eigenvalue weighted by molar-refractivity contribution is 5.72. The van der Waals surface area contributed by atoms with Gasteiger partial charge in [0.25, 0.3) is 0 Å². The van der Waals surface area contributed by atoms with Crippen LogP contribution in [0.25, 0.3) is 6.08 Å². The van der Waals surface area contributed by atoms with Gasteiger partial charge in [-0.25, -0.2) is 0 Å². The van der Waals surface area contributed by atoms with Crippen molar-refractivity contribution in [3.8, 4) is 17.2 Å². The first-order valence-corrected chi connectivity index (χ1v) is 12.6. The Morgan fingerprint density at radius 2 is 1.84 bits per heavy atom. The van der Waals surface area contributed by atoms with E-state index in [-0.39, 0.29) is 30.9 Å². The fourth-order valence-electron chi connectivity index (χ4n) is 4.58. The Morgan fingerprint density at radius 1 is 1.05 bits per heavy atom. The van der Waals surface area contributed by atoms with Crippen molar-refractivity contribution >= 4 is 12.0 Å². The molecule has 2 aromatic carbocycles. The van der Waals surface area contributed by atoms with Crippen LogP contribution < -0.4 is 14.2 Å². The van der Waals surface area contributed by atoms with Crippen LogP contribution in [0.15, 0.2) is 42.0 Å². The van der Waals surface area contributed by atoms with Gasteiger partial charge in [-0.3, -0.25) is 9.69 Å². The van der Waals surface area contributed by atoms with Gasteiger partial charge in [0, 0.05) is 18.2 Å². The first-order chi connectivity index (χ1) is 17.8. The topological polar surface area (TPSA) is 57.2 Å². The number of carbonyl (C=O) groups is 1. The molecule has 0 aliphatic carbocycles. The van der Waals surface area contributed by atoms with Crippen LogP contribution in [-0.4, -0.2) is 50.3 Å². The van der Waals surface area contributed by atoms with Gasteiger partial charge in [0.05, 0.1) is 24.7 Å². The van der Waals surface area contributed by atoms with Crippen LogP contribution in [0.1, 0.15) is 43.4 Å². The molecule has 4 rings (SSSR count). The molecule has 2 aromatic rings. The molecule has 0 amide bonds. The normalized spacial score (nSPS) is 16.4. The zero-order valence-electron chi connectivity index (χ0n) is 21.1. The van der Waals surface area contributed by atoms with Crippen LogP contribution in [0.3, 0.4) is 0 Å². The molecule has 0 atom stereocenters. The zero-order valence-corrected chi connectivity index (χ0v) is 21.1. The molecule has 6 nitrogen and oxygen atoms in total. The third-order valence-electron chi connectivity index (χ3n) is 6.45. The number of likely N-dealkylation sites (tertiary alicyclic amines) is 1. The SMILES string of the molecule is CCOC(=O)C1CCN(CC2=Cc3ccc(OCc4ccc(OCC)c(C(F)(F)F)c4)cc3OC2)CC1. The number of alkyl halides is 3. The van der Waals surface area contributed by atoms with E-state index in [0.717, 1.165) is 49.7 Å². The minimum absolute atomic E-state index is 0.0168. The lowest BCUT2D eigenvalue weighted by atomic mass is 9.96. The van der Waals surface area contributed by atoms with E-state index in [0.29, 0.717) is 30.3 Å². The first-order valence-electron chi connectivity index (χ1n) is 12.6. The fraction of sp³-hybridized carbons (Fsp3) is 0.464. The Kier molecular flexibility index (Phi) is 8.63.